The van der Waals surface area contributed by atoms with Gasteiger partial charge in [0.25, 0.3) is 11.8 Å². The number of halogens is 1. The molecule has 0 radical (unpaired) electrons. The molecule has 30 heavy (non-hydrogen) atoms. The fourth-order valence-electron chi connectivity index (χ4n) is 3.24. The molecule has 1 saturated heterocycles. The maximum Gasteiger partial charge on any atom is 0.281 e. The van der Waals surface area contributed by atoms with Crippen LogP contribution >= 0.6 is 22.9 Å². The van der Waals surface area contributed by atoms with Crippen LogP contribution in [0, 0.1) is 6.92 Å². The van der Waals surface area contributed by atoms with Crippen LogP contribution in [0.25, 0.3) is 10.6 Å². The zero-order valence-corrected chi connectivity index (χ0v) is 17.7. The molecule has 2 amide bonds. The second kappa shape index (κ2) is 8.93. The van der Waals surface area contributed by atoms with Crippen LogP contribution in [-0.2, 0) is 4.79 Å². The molecule has 7 nitrogen and oxygen atoms in total. The van der Waals surface area contributed by atoms with Gasteiger partial charge >= 0.3 is 0 Å². The van der Waals surface area contributed by atoms with Gasteiger partial charge in [0, 0.05) is 16.6 Å². The minimum absolute atomic E-state index is 0.0488. The zero-order valence-electron chi connectivity index (χ0n) is 16.1. The highest BCUT2D eigenvalue weighted by atomic mass is 35.5. The Bertz CT molecular complexity index is 1070. The minimum atomic E-state index is -0.489. The van der Waals surface area contributed by atoms with E-state index in [1.807, 2.05) is 48.5 Å². The van der Waals surface area contributed by atoms with E-state index in [9.17, 15) is 9.59 Å². The van der Waals surface area contributed by atoms with Crippen molar-refractivity contribution in [3.05, 3.63) is 75.8 Å². The van der Waals surface area contributed by atoms with Gasteiger partial charge in [-0.3, -0.25) is 20.4 Å². The number of carbonyl (C=O) groups excluding carboxylic acids is 2. The van der Waals surface area contributed by atoms with Gasteiger partial charge in [-0.05, 0) is 31.0 Å². The van der Waals surface area contributed by atoms with Gasteiger partial charge in [0.05, 0.1) is 5.69 Å². The Kier molecular flexibility index (Phi) is 6.10. The van der Waals surface area contributed by atoms with E-state index in [0.717, 1.165) is 16.1 Å². The summed E-state index contributed by atoms with van der Waals surface area (Å²) < 4.78 is 0. The van der Waals surface area contributed by atoms with Crippen LogP contribution in [0.3, 0.4) is 0 Å². The van der Waals surface area contributed by atoms with Gasteiger partial charge in [-0.2, -0.15) is 0 Å². The third-order valence-electron chi connectivity index (χ3n) is 4.79. The molecule has 2 aromatic carbocycles. The number of aromatic nitrogens is 1. The van der Waals surface area contributed by atoms with Gasteiger partial charge in [-0.15, -0.1) is 11.3 Å². The Morgan fingerprint density at radius 2 is 1.90 bits per heavy atom. The summed E-state index contributed by atoms with van der Waals surface area (Å²) in [6.07, 6.45) is 0.528. The van der Waals surface area contributed by atoms with Crippen LogP contribution < -0.4 is 21.7 Å². The lowest BCUT2D eigenvalue weighted by Crippen LogP contribution is -2.50. The molecule has 1 aliphatic rings. The molecule has 2 atom stereocenters. The summed E-state index contributed by atoms with van der Waals surface area (Å²) in [5.74, 6) is -0.719. The molecule has 1 aromatic heterocycles. The van der Waals surface area contributed by atoms with Crippen molar-refractivity contribution in [1.29, 1.82) is 0 Å². The highest BCUT2D eigenvalue weighted by Crippen LogP contribution is 2.28. The van der Waals surface area contributed by atoms with E-state index in [1.165, 1.54) is 11.3 Å². The number of hydrogen-bond donors (Lipinski definition) is 4. The number of thiazole rings is 1. The quantitative estimate of drug-likeness (QED) is 0.466. The number of hydrogen-bond acceptors (Lipinski definition) is 6. The van der Waals surface area contributed by atoms with Gasteiger partial charge in [-0.25, -0.2) is 15.8 Å². The third-order valence-corrected chi connectivity index (χ3v) is 6.23. The number of carbonyl (C=O) groups is 2. The molecule has 3 aromatic rings. The fraction of sp³-hybridized carbons (Fsp3) is 0.190. The lowest BCUT2D eigenvalue weighted by molar-refractivity contribution is -0.123. The second-order valence-corrected chi connectivity index (χ2v) is 8.36. The van der Waals surface area contributed by atoms with Crippen molar-refractivity contribution >= 4 is 34.8 Å². The number of hydrazine groups is 2. The van der Waals surface area contributed by atoms with Gasteiger partial charge in [0.1, 0.15) is 15.9 Å². The number of rotatable bonds is 4. The third kappa shape index (κ3) is 4.52. The molecular weight excluding hydrogens is 422 g/mol. The number of nitrogens with one attached hydrogen (secondary N) is 4. The van der Waals surface area contributed by atoms with Crippen molar-refractivity contribution in [3.63, 3.8) is 0 Å². The first-order valence-corrected chi connectivity index (χ1v) is 10.6. The van der Waals surface area contributed by atoms with Crippen LogP contribution in [0.2, 0.25) is 5.02 Å². The van der Waals surface area contributed by atoms with Crippen molar-refractivity contribution in [2.45, 2.75) is 25.4 Å². The SMILES string of the molecule is Cc1nc(-c2ccccc2)sc1C(=O)NNC(=O)C1CC(c2cccc(Cl)c2)NN1. The second-order valence-electron chi connectivity index (χ2n) is 6.93. The highest BCUT2D eigenvalue weighted by molar-refractivity contribution is 7.17. The molecule has 0 spiro atoms. The van der Waals surface area contributed by atoms with Crippen LogP contribution in [0.5, 0.6) is 0 Å². The molecule has 4 rings (SSSR count). The smallest absolute Gasteiger partial charge is 0.271 e. The molecule has 0 aliphatic carbocycles. The summed E-state index contributed by atoms with van der Waals surface area (Å²) >= 11 is 7.33. The molecule has 154 valence electrons. The normalized spacial score (nSPS) is 18.2. The van der Waals surface area contributed by atoms with E-state index in [2.05, 4.69) is 26.7 Å². The topological polar surface area (TPSA) is 95.2 Å². The van der Waals surface area contributed by atoms with Gasteiger partial charge in [-0.1, -0.05) is 54.1 Å². The van der Waals surface area contributed by atoms with E-state index in [4.69, 9.17) is 11.6 Å². The Morgan fingerprint density at radius 1 is 1.10 bits per heavy atom. The molecule has 1 aliphatic heterocycles. The van der Waals surface area contributed by atoms with Crippen molar-refractivity contribution < 1.29 is 9.59 Å². The van der Waals surface area contributed by atoms with Crippen molar-refractivity contribution in [2.24, 2.45) is 0 Å². The molecule has 0 bridgehead atoms. The molecule has 0 saturated carbocycles. The monoisotopic (exact) mass is 441 g/mol. The van der Waals surface area contributed by atoms with Crippen molar-refractivity contribution in [1.82, 2.24) is 26.7 Å². The van der Waals surface area contributed by atoms with Crippen molar-refractivity contribution in [3.8, 4) is 10.6 Å². The summed E-state index contributed by atoms with van der Waals surface area (Å²) in [7, 11) is 0. The van der Waals surface area contributed by atoms with Crippen LogP contribution in [0.4, 0.5) is 0 Å². The van der Waals surface area contributed by atoms with E-state index in [1.54, 1.807) is 13.0 Å². The van der Waals surface area contributed by atoms with E-state index >= 15 is 0 Å². The van der Waals surface area contributed by atoms with Crippen LogP contribution in [-0.4, -0.2) is 22.8 Å². The molecule has 9 heteroatoms. The fourth-order valence-corrected chi connectivity index (χ4v) is 4.41. The average Bonchev–Trinajstić information content (AvgIpc) is 3.40. The summed E-state index contributed by atoms with van der Waals surface area (Å²) in [6, 6.07) is 16.6. The summed E-state index contributed by atoms with van der Waals surface area (Å²) in [5.41, 5.74) is 13.6. The van der Waals surface area contributed by atoms with Crippen LogP contribution in [0.15, 0.2) is 54.6 Å². The number of nitrogens with zero attached hydrogens (tertiary/aromatic N) is 1. The lowest BCUT2D eigenvalue weighted by Gasteiger charge is -2.11. The van der Waals surface area contributed by atoms with Crippen molar-refractivity contribution in [2.75, 3.05) is 0 Å². The summed E-state index contributed by atoms with van der Waals surface area (Å²) in [5, 5.41) is 1.40. The Morgan fingerprint density at radius 3 is 2.67 bits per heavy atom. The predicted molar refractivity (Wildman–Crippen MR) is 117 cm³/mol. The molecule has 2 heterocycles. The highest BCUT2D eigenvalue weighted by Gasteiger charge is 2.30. The number of benzene rings is 2. The maximum atomic E-state index is 12.5. The standard InChI is InChI=1S/C21H20ClN5O2S/c1-12-18(30-21(23-12)13-6-3-2-4-7-13)20(29)27-26-19(28)17-11-16(24-25-17)14-8-5-9-15(22)10-14/h2-10,16-17,24-25H,11H2,1H3,(H,26,28)(H,27,29). The van der Waals surface area contributed by atoms with Gasteiger partial charge in [0.2, 0.25) is 0 Å². The van der Waals surface area contributed by atoms with Crippen LogP contribution in [0.1, 0.15) is 33.4 Å². The lowest BCUT2D eigenvalue weighted by atomic mass is 10.0. The summed E-state index contributed by atoms with van der Waals surface area (Å²) in [6.45, 7) is 1.78. The van der Waals surface area contributed by atoms with E-state index in [0.29, 0.717) is 22.0 Å². The largest absolute Gasteiger partial charge is 0.281 e. The molecule has 4 N–H and O–H groups in total. The summed E-state index contributed by atoms with van der Waals surface area (Å²) in [4.78, 5) is 29.9. The molecule has 2 unspecified atom stereocenters. The Hall–Kier alpha value is -2.78. The predicted octanol–water partition coefficient (Wildman–Crippen LogP) is 3.14. The number of amides is 2. The average molecular weight is 442 g/mol. The first kappa shape index (κ1) is 20.5. The first-order valence-electron chi connectivity index (χ1n) is 9.41. The number of aryl methyl sites for hydroxylation is 1. The van der Waals surface area contributed by atoms with Gasteiger partial charge in [0.15, 0.2) is 0 Å². The first-order chi connectivity index (χ1) is 14.5. The van der Waals surface area contributed by atoms with E-state index in [-0.39, 0.29) is 11.9 Å². The minimum Gasteiger partial charge on any atom is -0.271 e. The molecular formula is C21H20ClN5O2S. The van der Waals surface area contributed by atoms with Gasteiger partial charge < -0.3 is 0 Å². The Balaban J connectivity index is 1.34. The maximum absolute atomic E-state index is 12.5. The zero-order chi connectivity index (χ0) is 21.1. The molecule has 1 fully saturated rings. The Labute approximate surface area is 182 Å². The van der Waals surface area contributed by atoms with E-state index < -0.39 is 11.9 Å².